The fourth-order valence-corrected chi connectivity index (χ4v) is 2.41. The van der Waals surface area contributed by atoms with Crippen molar-refractivity contribution in [3.8, 4) is 0 Å². The highest BCUT2D eigenvalue weighted by Gasteiger charge is 2.31. The van der Waals surface area contributed by atoms with Crippen molar-refractivity contribution in [1.29, 1.82) is 0 Å². The fourth-order valence-electron chi connectivity index (χ4n) is 2.41. The Morgan fingerprint density at radius 1 is 1.41 bits per heavy atom. The molecule has 1 N–H and O–H groups in total. The first-order valence-corrected chi connectivity index (χ1v) is 6.21. The van der Waals surface area contributed by atoms with Crippen molar-refractivity contribution < 1.29 is 4.79 Å². The normalized spacial score (nSPS) is 23.6. The molecule has 0 aromatic heterocycles. The van der Waals surface area contributed by atoms with Gasteiger partial charge in [0.15, 0.2) is 0 Å². The molecule has 1 fully saturated rings. The van der Waals surface area contributed by atoms with Gasteiger partial charge < -0.3 is 10.2 Å². The van der Waals surface area contributed by atoms with Crippen molar-refractivity contribution in [2.24, 2.45) is 5.92 Å². The van der Waals surface area contributed by atoms with E-state index in [-0.39, 0.29) is 11.8 Å². The molecular formula is C14H20N2O. The van der Waals surface area contributed by atoms with Gasteiger partial charge in [0.2, 0.25) is 5.91 Å². The Labute approximate surface area is 103 Å². The SMILES string of the molecule is CC1NCCC1C(=O)N(C)Cc1ccccc1. The van der Waals surface area contributed by atoms with Gasteiger partial charge in [-0.15, -0.1) is 0 Å². The van der Waals surface area contributed by atoms with Crippen molar-refractivity contribution in [2.45, 2.75) is 25.9 Å². The third-order valence-electron chi connectivity index (χ3n) is 3.48. The number of benzene rings is 1. The minimum Gasteiger partial charge on any atom is -0.341 e. The van der Waals surface area contributed by atoms with E-state index in [2.05, 4.69) is 24.4 Å². The zero-order valence-electron chi connectivity index (χ0n) is 10.5. The van der Waals surface area contributed by atoms with E-state index in [0.29, 0.717) is 12.6 Å². The van der Waals surface area contributed by atoms with Gasteiger partial charge in [-0.1, -0.05) is 30.3 Å². The summed E-state index contributed by atoms with van der Waals surface area (Å²) in [6.07, 6.45) is 0.957. The Morgan fingerprint density at radius 3 is 2.71 bits per heavy atom. The van der Waals surface area contributed by atoms with E-state index in [4.69, 9.17) is 0 Å². The van der Waals surface area contributed by atoms with Gasteiger partial charge in [0.05, 0.1) is 5.92 Å². The van der Waals surface area contributed by atoms with Crippen LogP contribution in [0.4, 0.5) is 0 Å². The molecule has 0 aliphatic carbocycles. The van der Waals surface area contributed by atoms with E-state index < -0.39 is 0 Å². The molecule has 0 saturated carbocycles. The van der Waals surface area contributed by atoms with Gasteiger partial charge in [-0.3, -0.25) is 4.79 Å². The first-order chi connectivity index (χ1) is 8.18. The molecule has 2 atom stereocenters. The molecule has 0 bridgehead atoms. The lowest BCUT2D eigenvalue weighted by molar-refractivity contribution is -0.134. The average Bonchev–Trinajstić information content (AvgIpc) is 2.76. The van der Waals surface area contributed by atoms with Gasteiger partial charge >= 0.3 is 0 Å². The maximum atomic E-state index is 12.2. The second-order valence-corrected chi connectivity index (χ2v) is 4.82. The van der Waals surface area contributed by atoms with Crippen LogP contribution in [0.15, 0.2) is 30.3 Å². The fraction of sp³-hybridized carbons (Fsp3) is 0.500. The summed E-state index contributed by atoms with van der Waals surface area (Å²) in [5, 5.41) is 3.32. The molecule has 1 aromatic carbocycles. The predicted molar refractivity (Wildman–Crippen MR) is 68.5 cm³/mol. The van der Waals surface area contributed by atoms with Crippen LogP contribution < -0.4 is 5.32 Å². The zero-order chi connectivity index (χ0) is 12.3. The first kappa shape index (κ1) is 12.1. The molecule has 1 amide bonds. The van der Waals surface area contributed by atoms with Crippen molar-refractivity contribution in [1.82, 2.24) is 10.2 Å². The molecule has 1 heterocycles. The quantitative estimate of drug-likeness (QED) is 0.859. The van der Waals surface area contributed by atoms with Gasteiger partial charge in [0, 0.05) is 19.6 Å². The number of rotatable bonds is 3. The van der Waals surface area contributed by atoms with Gasteiger partial charge in [0.1, 0.15) is 0 Å². The monoisotopic (exact) mass is 232 g/mol. The van der Waals surface area contributed by atoms with Crippen molar-refractivity contribution in [2.75, 3.05) is 13.6 Å². The van der Waals surface area contributed by atoms with Crippen molar-refractivity contribution in [3.05, 3.63) is 35.9 Å². The third-order valence-corrected chi connectivity index (χ3v) is 3.48. The smallest absolute Gasteiger partial charge is 0.227 e. The van der Waals surface area contributed by atoms with Crippen LogP contribution in [0.2, 0.25) is 0 Å². The topological polar surface area (TPSA) is 32.3 Å². The highest BCUT2D eigenvalue weighted by molar-refractivity contribution is 5.79. The van der Waals surface area contributed by atoms with E-state index in [1.54, 1.807) is 0 Å². The van der Waals surface area contributed by atoms with Crippen molar-refractivity contribution in [3.63, 3.8) is 0 Å². The molecule has 1 aromatic rings. The molecule has 3 nitrogen and oxygen atoms in total. The molecule has 0 spiro atoms. The summed E-state index contributed by atoms with van der Waals surface area (Å²) in [6, 6.07) is 10.4. The molecule has 2 unspecified atom stereocenters. The maximum absolute atomic E-state index is 12.2. The van der Waals surface area contributed by atoms with Crippen LogP contribution in [0.25, 0.3) is 0 Å². The molecule has 1 aliphatic heterocycles. The van der Waals surface area contributed by atoms with Crippen LogP contribution in [-0.2, 0) is 11.3 Å². The largest absolute Gasteiger partial charge is 0.341 e. The number of hydrogen-bond acceptors (Lipinski definition) is 2. The third kappa shape index (κ3) is 2.86. The standard InChI is InChI=1S/C14H20N2O/c1-11-13(8-9-15-11)14(17)16(2)10-12-6-4-3-5-7-12/h3-7,11,13,15H,8-10H2,1-2H3. The van der Waals surface area contributed by atoms with Gasteiger partial charge in [-0.05, 0) is 25.5 Å². The Balaban J connectivity index is 1.96. The van der Waals surface area contributed by atoms with E-state index in [0.717, 1.165) is 13.0 Å². The Bertz CT molecular complexity index is 377. The van der Waals surface area contributed by atoms with E-state index in [1.807, 2.05) is 30.1 Å². The van der Waals surface area contributed by atoms with Gasteiger partial charge in [-0.25, -0.2) is 0 Å². The van der Waals surface area contributed by atoms with Gasteiger partial charge in [-0.2, -0.15) is 0 Å². The summed E-state index contributed by atoms with van der Waals surface area (Å²) in [4.78, 5) is 14.1. The van der Waals surface area contributed by atoms with Crippen LogP contribution >= 0.6 is 0 Å². The van der Waals surface area contributed by atoms with Crippen molar-refractivity contribution >= 4 is 5.91 Å². The minimum atomic E-state index is 0.142. The molecule has 17 heavy (non-hydrogen) atoms. The maximum Gasteiger partial charge on any atom is 0.227 e. The second kappa shape index (κ2) is 5.32. The summed E-state index contributed by atoms with van der Waals surface area (Å²) in [7, 11) is 1.89. The highest BCUT2D eigenvalue weighted by atomic mass is 16.2. The molecule has 1 aliphatic rings. The zero-order valence-corrected chi connectivity index (χ0v) is 10.5. The summed E-state index contributed by atoms with van der Waals surface area (Å²) in [5.41, 5.74) is 1.18. The highest BCUT2D eigenvalue weighted by Crippen LogP contribution is 2.18. The van der Waals surface area contributed by atoms with Crippen LogP contribution in [-0.4, -0.2) is 30.4 Å². The summed E-state index contributed by atoms with van der Waals surface area (Å²) in [6.45, 7) is 3.74. The Hall–Kier alpha value is -1.35. The van der Waals surface area contributed by atoms with E-state index in [1.165, 1.54) is 5.56 Å². The lowest BCUT2D eigenvalue weighted by Crippen LogP contribution is -2.37. The van der Waals surface area contributed by atoms with Crippen LogP contribution in [0.3, 0.4) is 0 Å². The summed E-state index contributed by atoms with van der Waals surface area (Å²) >= 11 is 0. The number of carbonyl (C=O) groups excluding carboxylic acids is 1. The van der Waals surface area contributed by atoms with E-state index >= 15 is 0 Å². The molecule has 1 saturated heterocycles. The molecule has 92 valence electrons. The molecule has 3 heteroatoms. The Kier molecular flexibility index (Phi) is 3.79. The van der Waals surface area contributed by atoms with E-state index in [9.17, 15) is 4.79 Å². The van der Waals surface area contributed by atoms with Crippen LogP contribution in [0.5, 0.6) is 0 Å². The number of carbonyl (C=O) groups is 1. The summed E-state index contributed by atoms with van der Waals surface area (Å²) < 4.78 is 0. The summed E-state index contributed by atoms with van der Waals surface area (Å²) in [5.74, 6) is 0.398. The number of nitrogens with zero attached hydrogens (tertiary/aromatic N) is 1. The molecule has 2 rings (SSSR count). The van der Waals surface area contributed by atoms with Crippen LogP contribution in [0, 0.1) is 5.92 Å². The van der Waals surface area contributed by atoms with Gasteiger partial charge in [0.25, 0.3) is 0 Å². The number of amides is 1. The minimum absolute atomic E-state index is 0.142. The molecular weight excluding hydrogens is 212 g/mol. The molecule has 0 radical (unpaired) electrons. The lowest BCUT2D eigenvalue weighted by atomic mass is 10.0. The lowest BCUT2D eigenvalue weighted by Gasteiger charge is -2.23. The Morgan fingerprint density at radius 2 is 2.12 bits per heavy atom. The predicted octanol–water partition coefficient (Wildman–Crippen LogP) is 1.64. The average molecular weight is 232 g/mol. The first-order valence-electron chi connectivity index (χ1n) is 6.21. The number of hydrogen-bond donors (Lipinski definition) is 1. The second-order valence-electron chi connectivity index (χ2n) is 4.82. The number of nitrogens with one attached hydrogen (secondary N) is 1. The van der Waals surface area contributed by atoms with Crippen LogP contribution in [0.1, 0.15) is 18.9 Å².